The van der Waals surface area contributed by atoms with Crippen molar-refractivity contribution in [2.75, 3.05) is 0 Å². The van der Waals surface area contributed by atoms with Crippen LogP contribution in [0.3, 0.4) is 0 Å². The molecule has 0 heterocycles. The van der Waals surface area contributed by atoms with Crippen LogP contribution in [0.1, 0.15) is 40.9 Å². The minimum absolute atomic E-state index is 0.738. The van der Waals surface area contributed by atoms with Gasteiger partial charge in [0.1, 0.15) is 6.29 Å². The van der Waals surface area contributed by atoms with Gasteiger partial charge in [0.05, 0.1) is 0 Å². The van der Waals surface area contributed by atoms with Crippen molar-refractivity contribution in [1.29, 1.82) is 0 Å². The van der Waals surface area contributed by atoms with E-state index < -0.39 is 0 Å². The lowest BCUT2D eigenvalue weighted by Gasteiger charge is -2.11. The minimum atomic E-state index is 0.738. The molecule has 0 radical (unpaired) electrons. The molecule has 0 saturated heterocycles. The van der Waals surface area contributed by atoms with Gasteiger partial charge in [-0.3, -0.25) is 4.79 Å². The van der Waals surface area contributed by atoms with Crippen molar-refractivity contribution in [2.24, 2.45) is 0 Å². The van der Waals surface area contributed by atoms with Crippen LogP contribution in [0.2, 0.25) is 0 Å². The van der Waals surface area contributed by atoms with Crippen molar-refractivity contribution < 1.29 is 4.79 Å². The summed E-state index contributed by atoms with van der Waals surface area (Å²) in [6.45, 7) is 6.45. The second kappa shape index (κ2) is 5.83. The number of carbonyl (C=O) groups excluding carboxylic acids is 1. The van der Waals surface area contributed by atoms with Crippen LogP contribution in [0.4, 0.5) is 0 Å². The van der Waals surface area contributed by atoms with E-state index in [9.17, 15) is 4.79 Å². The maximum absolute atomic E-state index is 10.8. The van der Waals surface area contributed by atoms with E-state index in [1.165, 1.54) is 22.3 Å². The van der Waals surface area contributed by atoms with E-state index in [0.29, 0.717) is 0 Å². The Labute approximate surface area is 115 Å². The largest absolute Gasteiger partial charge is 0.298 e. The van der Waals surface area contributed by atoms with Crippen LogP contribution < -0.4 is 0 Å². The zero-order valence-electron chi connectivity index (χ0n) is 11.9. The third kappa shape index (κ3) is 2.76. The molecule has 0 aliphatic heterocycles. The second-order valence-corrected chi connectivity index (χ2v) is 4.88. The molecule has 2 aromatic carbocycles. The maximum Gasteiger partial charge on any atom is 0.150 e. The number of benzene rings is 2. The van der Waals surface area contributed by atoms with Gasteiger partial charge in [0.15, 0.2) is 0 Å². The van der Waals surface area contributed by atoms with Gasteiger partial charge in [-0.2, -0.15) is 0 Å². The fourth-order valence-electron chi connectivity index (χ4n) is 2.55. The van der Waals surface area contributed by atoms with Gasteiger partial charge in [0.25, 0.3) is 0 Å². The van der Waals surface area contributed by atoms with Crippen LogP contribution in [0, 0.1) is 6.92 Å². The average Bonchev–Trinajstić information content (AvgIpc) is 2.46. The Morgan fingerprint density at radius 1 is 0.947 bits per heavy atom. The van der Waals surface area contributed by atoms with Crippen molar-refractivity contribution in [1.82, 2.24) is 0 Å². The van der Waals surface area contributed by atoms with E-state index in [4.69, 9.17) is 0 Å². The van der Waals surface area contributed by atoms with E-state index in [1.54, 1.807) is 0 Å². The van der Waals surface area contributed by atoms with Gasteiger partial charge in [-0.05, 0) is 53.6 Å². The molecular formula is C18H20O. The van der Waals surface area contributed by atoms with E-state index in [0.717, 1.165) is 30.3 Å². The SMILES string of the molecule is CCc1ccc(-c2ccc(C=O)cc2C)cc1CC. The summed E-state index contributed by atoms with van der Waals surface area (Å²) < 4.78 is 0. The topological polar surface area (TPSA) is 17.1 Å². The number of hydrogen-bond acceptors (Lipinski definition) is 1. The van der Waals surface area contributed by atoms with Crippen molar-refractivity contribution >= 4 is 6.29 Å². The smallest absolute Gasteiger partial charge is 0.150 e. The molecule has 0 amide bonds. The van der Waals surface area contributed by atoms with Crippen LogP contribution in [0.25, 0.3) is 11.1 Å². The molecule has 0 unspecified atom stereocenters. The van der Waals surface area contributed by atoms with Gasteiger partial charge in [-0.25, -0.2) is 0 Å². The Bertz CT molecular complexity index is 597. The lowest BCUT2D eigenvalue weighted by atomic mass is 9.94. The molecular weight excluding hydrogens is 232 g/mol. The molecule has 98 valence electrons. The molecule has 1 nitrogen and oxygen atoms in total. The first-order valence-electron chi connectivity index (χ1n) is 6.87. The van der Waals surface area contributed by atoms with Crippen molar-refractivity contribution in [3.05, 3.63) is 58.7 Å². The third-order valence-electron chi connectivity index (χ3n) is 3.67. The maximum atomic E-state index is 10.8. The van der Waals surface area contributed by atoms with Gasteiger partial charge in [0, 0.05) is 5.56 Å². The number of carbonyl (C=O) groups is 1. The Morgan fingerprint density at radius 2 is 1.68 bits per heavy atom. The highest BCUT2D eigenvalue weighted by molar-refractivity contribution is 5.78. The monoisotopic (exact) mass is 252 g/mol. The molecule has 0 aliphatic rings. The van der Waals surface area contributed by atoms with Crippen molar-refractivity contribution in [3.63, 3.8) is 0 Å². The fourth-order valence-corrected chi connectivity index (χ4v) is 2.55. The van der Waals surface area contributed by atoms with Crippen LogP contribution in [-0.2, 0) is 12.8 Å². The third-order valence-corrected chi connectivity index (χ3v) is 3.67. The van der Waals surface area contributed by atoms with Gasteiger partial charge in [0.2, 0.25) is 0 Å². The molecule has 0 spiro atoms. The van der Waals surface area contributed by atoms with E-state index in [1.807, 2.05) is 18.2 Å². The number of aryl methyl sites for hydroxylation is 3. The van der Waals surface area contributed by atoms with Crippen LogP contribution in [-0.4, -0.2) is 6.29 Å². The summed E-state index contributed by atoms with van der Waals surface area (Å²) in [5.41, 5.74) is 7.18. The molecule has 0 aromatic heterocycles. The summed E-state index contributed by atoms with van der Waals surface area (Å²) in [6.07, 6.45) is 3.03. The van der Waals surface area contributed by atoms with Crippen LogP contribution in [0.5, 0.6) is 0 Å². The highest BCUT2D eigenvalue weighted by Gasteiger charge is 2.06. The predicted octanol–water partition coefficient (Wildman–Crippen LogP) is 4.60. The molecule has 2 rings (SSSR count). The molecule has 0 fully saturated rings. The molecule has 0 saturated carbocycles. The summed E-state index contributed by atoms with van der Waals surface area (Å²) in [4.78, 5) is 10.8. The zero-order chi connectivity index (χ0) is 13.8. The lowest BCUT2D eigenvalue weighted by Crippen LogP contribution is -1.93. The Kier molecular flexibility index (Phi) is 4.16. The summed E-state index contributed by atoms with van der Waals surface area (Å²) in [6, 6.07) is 12.6. The van der Waals surface area contributed by atoms with Gasteiger partial charge in [-0.15, -0.1) is 0 Å². The second-order valence-electron chi connectivity index (χ2n) is 4.88. The number of hydrogen-bond donors (Lipinski definition) is 0. The summed E-state index contributed by atoms with van der Waals surface area (Å²) in [5.74, 6) is 0. The first kappa shape index (κ1) is 13.5. The lowest BCUT2D eigenvalue weighted by molar-refractivity contribution is 0.112. The summed E-state index contributed by atoms with van der Waals surface area (Å²) in [7, 11) is 0. The van der Waals surface area contributed by atoms with Gasteiger partial charge < -0.3 is 0 Å². The Hall–Kier alpha value is -1.89. The first-order chi connectivity index (χ1) is 9.19. The molecule has 2 aromatic rings. The minimum Gasteiger partial charge on any atom is -0.298 e. The van der Waals surface area contributed by atoms with E-state index >= 15 is 0 Å². The van der Waals surface area contributed by atoms with Crippen LogP contribution in [0.15, 0.2) is 36.4 Å². The van der Waals surface area contributed by atoms with E-state index in [-0.39, 0.29) is 0 Å². The molecule has 0 atom stereocenters. The molecule has 0 N–H and O–H groups in total. The van der Waals surface area contributed by atoms with Gasteiger partial charge >= 0.3 is 0 Å². The zero-order valence-corrected chi connectivity index (χ0v) is 11.9. The predicted molar refractivity (Wildman–Crippen MR) is 80.8 cm³/mol. The number of rotatable bonds is 4. The normalized spacial score (nSPS) is 10.5. The van der Waals surface area contributed by atoms with Crippen molar-refractivity contribution in [2.45, 2.75) is 33.6 Å². The fraction of sp³-hybridized carbons (Fsp3) is 0.278. The standard InChI is InChI=1S/C18H20O/c1-4-15-7-8-17(11-16(15)5-2)18-9-6-14(12-19)10-13(18)3/h6-12H,4-5H2,1-3H3. The summed E-state index contributed by atoms with van der Waals surface area (Å²) in [5, 5.41) is 0. The molecule has 0 aliphatic carbocycles. The number of aldehydes is 1. The highest BCUT2D eigenvalue weighted by Crippen LogP contribution is 2.26. The molecule has 1 heteroatoms. The van der Waals surface area contributed by atoms with Crippen LogP contribution >= 0.6 is 0 Å². The average molecular weight is 252 g/mol. The molecule has 19 heavy (non-hydrogen) atoms. The van der Waals surface area contributed by atoms with Crippen molar-refractivity contribution in [3.8, 4) is 11.1 Å². The highest BCUT2D eigenvalue weighted by atomic mass is 16.1. The van der Waals surface area contributed by atoms with Gasteiger partial charge in [-0.1, -0.05) is 44.2 Å². The molecule has 0 bridgehead atoms. The summed E-state index contributed by atoms with van der Waals surface area (Å²) >= 11 is 0. The quantitative estimate of drug-likeness (QED) is 0.727. The first-order valence-corrected chi connectivity index (χ1v) is 6.87. The Balaban J connectivity index is 2.50. The van der Waals surface area contributed by atoms with E-state index in [2.05, 4.69) is 39.0 Å². The Morgan fingerprint density at radius 3 is 2.26 bits per heavy atom.